The first-order valence-electron chi connectivity index (χ1n) is 7.90. The summed E-state index contributed by atoms with van der Waals surface area (Å²) < 4.78 is 0. The summed E-state index contributed by atoms with van der Waals surface area (Å²) in [7, 11) is 0. The minimum atomic E-state index is 0.0542. The third-order valence-electron chi connectivity index (χ3n) is 4.20. The number of benzene rings is 1. The van der Waals surface area contributed by atoms with Crippen molar-refractivity contribution < 1.29 is 4.79 Å². The molecule has 0 aliphatic heterocycles. The molecule has 1 aliphatic rings. The van der Waals surface area contributed by atoms with Crippen LogP contribution in [0.25, 0.3) is 0 Å². The molecule has 0 radical (unpaired) electrons. The summed E-state index contributed by atoms with van der Waals surface area (Å²) >= 11 is 0. The molecule has 114 valence electrons. The van der Waals surface area contributed by atoms with Gasteiger partial charge in [-0.25, -0.2) is 0 Å². The Balaban J connectivity index is 1.72. The monoisotopic (exact) mass is 294 g/mol. The molecular weight excluding hydrogens is 272 g/mol. The van der Waals surface area contributed by atoms with E-state index in [1.165, 1.54) is 18.4 Å². The molecule has 22 heavy (non-hydrogen) atoms. The van der Waals surface area contributed by atoms with Gasteiger partial charge in [0.1, 0.15) is 0 Å². The Morgan fingerprint density at radius 1 is 1.27 bits per heavy atom. The van der Waals surface area contributed by atoms with Crippen molar-refractivity contribution in [3.05, 3.63) is 65.0 Å². The van der Waals surface area contributed by atoms with Crippen LogP contribution < -0.4 is 5.32 Å². The fourth-order valence-corrected chi connectivity index (χ4v) is 2.89. The van der Waals surface area contributed by atoms with E-state index in [0.717, 1.165) is 16.8 Å². The summed E-state index contributed by atoms with van der Waals surface area (Å²) in [6, 6.07) is 12.2. The SMILES string of the molecule is Cc1cccc(CC(=O)N[C@@H](c2ncccc2C)C2CC2)c1. The fourth-order valence-electron chi connectivity index (χ4n) is 2.89. The van der Waals surface area contributed by atoms with E-state index in [9.17, 15) is 4.79 Å². The van der Waals surface area contributed by atoms with Crippen molar-refractivity contribution in [2.24, 2.45) is 5.92 Å². The first-order chi connectivity index (χ1) is 10.6. The Morgan fingerprint density at radius 2 is 2.09 bits per heavy atom. The minimum absolute atomic E-state index is 0.0542. The van der Waals surface area contributed by atoms with Gasteiger partial charge in [0, 0.05) is 6.20 Å². The van der Waals surface area contributed by atoms with E-state index in [-0.39, 0.29) is 11.9 Å². The molecule has 3 nitrogen and oxygen atoms in total. The van der Waals surface area contributed by atoms with Crippen LogP contribution in [0.5, 0.6) is 0 Å². The number of nitrogens with one attached hydrogen (secondary N) is 1. The lowest BCUT2D eigenvalue weighted by molar-refractivity contribution is -0.121. The molecular formula is C19H22N2O. The summed E-state index contributed by atoms with van der Waals surface area (Å²) in [6.07, 6.45) is 4.58. The molecule has 1 aromatic heterocycles. The van der Waals surface area contributed by atoms with Crippen LogP contribution in [0.3, 0.4) is 0 Å². The molecule has 1 atom stereocenters. The van der Waals surface area contributed by atoms with Gasteiger partial charge < -0.3 is 5.32 Å². The zero-order valence-corrected chi connectivity index (χ0v) is 13.2. The number of hydrogen-bond donors (Lipinski definition) is 1. The van der Waals surface area contributed by atoms with E-state index < -0.39 is 0 Å². The van der Waals surface area contributed by atoms with Crippen molar-refractivity contribution in [2.45, 2.75) is 39.2 Å². The van der Waals surface area contributed by atoms with Gasteiger partial charge >= 0.3 is 0 Å². The van der Waals surface area contributed by atoms with Crippen molar-refractivity contribution in [1.29, 1.82) is 0 Å². The molecule has 2 aromatic rings. The number of nitrogens with zero attached hydrogens (tertiary/aromatic N) is 1. The molecule has 1 amide bonds. The van der Waals surface area contributed by atoms with E-state index in [1.54, 1.807) is 0 Å². The minimum Gasteiger partial charge on any atom is -0.347 e. The molecule has 3 heteroatoms. The fraction of sp³-hybridized carbons (Fsp3) is 0.368. The first kappa shape index (κ1) is 14.8. The van der Waals surface area contributed by atoms with Crippen LogP contribution in [0, 0.1) is 19.8 Å². The van der Waals surface area contributed by atoms with Crippen LogP contribution >= 0.6 is 0 Å². The molecule has 0 saturated heterocycles. The predicted octanol–water partition coefficient (Wildman–Crippen LogP) is 3.51. The van der Waals surface area contributed by atoms with E-state index in [4.69, 9.17) is 0 Å². The van der Waals surface area contributed by atoms with Crippen LogP contribution in [-0.2, 0) is 11.2 Å². The summed E-state index contributed by atoms with van der Waals surface area (Å²) in [5.41, 5.74) is 4.41. The molecule has 1 fully saturated rings. The zero-order chi connectivity index (χ0) is 15.5. The van der Waals surface area contributed by atoms with E-state index in [2.05, 4.69) is 29.4 Å². The lowest BCUT2D eigenvalue weighted by atomic mass is 10.0. The number of carbonyl (C=O) groups excluding carboxylic acids is 1. The summed E-state index contributed by atoms with van der Waals surface area (Å²) in [5.74, 6) is 0.614. The molecule has 0 unspecified atom stereocenters. The summed E-state index contributed by atoms with van der Waals surface area (Å²) in [5, 5.41) is 3.20. The Morgan fingerprint density at radius 3 is 2.77 bits per heavy atom. The normalized spacial score (nSPS) is 15.4. The second kappa shape index (κ2) is 6.30. The highest BCUT2D eigenvalue weighted by molar-refractivity contribution is 5.79. The standard InChI is InChI=1S/C19H22N2O/c1-13-5-3-7-15(11-13)12-17(22)21-19(16-8-9-16)18-14(2)6-4-10-20-18/h3-7,10-11,16,19H,8-9,12H2,1-2H3,(H,21,22)/t19-/m1/s1. The Hall–Kier alpha value is -2.16. The van der Waals surface area contributed by atoms with Crippen molar-refractivity contribution in [3.8, 4) is 0 Å². The highest BCUT2D eigenvalue weighted by atomic mass is 16.1. The average Bonchev–Trinajstić information content (AvgIpc) is 3.30. The van der Waals surface area contributed by atoms with Gasteiger partial charge in [-0.3, -0.25) is 9.78 Å². The van der Waals surface area contributed by atoms with Gasteiger partial charge in [0.05, 0.1) is 18.2 Å². The van der Waals surface area contributed by atoms with Crippen LogP contribution in [0.4, 0.5) is 0 Å². The second-order valence-electron chi connectivity index (χ2n) is 6.25. The molecule has 1 saturated carbocycles. The van der Waals surface area contributed by atoms with Crippen molar-refractivity contribution in [2.75, 3.05) is 0 Å². The van der Waals surface area contributed by atoms with Gasteiger partial charge in [-0.05, 0) is 49.8 Å². The highest BCUT2D eigenvalue weighted by Gasteiger charge is 2.34. The maximum atomic E-state index is 12.4. The lowest BCUT2D eigenvalue weighted by Crippen LogP contribution is -2.32. The number of amides is 1. The number of hydrogen-bond acceptors (Lipinski definition) is 2. The summed E-state index contributed by atoms with van der Waals surface area (Å²) in [4.78, 5) is 16.9. The van der Waals surface area contributed by atoms with Gasteiger partial charge in [-0.15, -0.1) is 0 Å². The maximum Gasteiger partial charge on any atom is 0.224 e. The number of carbonyl (C=O) groups is 1. The molecule has 1 N–H and O–H groups in total. The van der Waals surface area contributed by atoms with Crippen molar-refractivity contribution in [3.63, 3.8) is 0 Å². The third kappa shape index (κ3) is 3.53. The topological polar surface area (TPSA) is 42.0 Å². The van der Waals surface area contributed by atoms with Gasteiger partial charge in [0.25, 0.3) is 0 Å². The highest BCUT2D eigenvalue weighted by Crippen LogP contribution is 2.41. The predicted molar refractivity (Wildman–Crippen MR) is 87.5 cm³/mol. The molecule has 3 rings (SSSR count). The number of aromatic nitrogens is 1. The Bertz CT molecular complexity index is 677. The smallest absolute Gasteiger partial charge is 0.224 e. The van der Waals surface area contributed by atoms with Gasteiger partial charge in [-0.1, -0.05) is 35.9 Å². The first-order valence-corrected chi connectivity index (χ1v) is 7.90. The van der Waals surface area contributed by atoms with E-state index in [1.807, 2.05) is 37.4 Å². The van der Waals surface area contributed by atoms with Gasteiger partial charge in [0.15, 0.2) is 0 Å². The number of rotatable bonds is 5. The van der Waals surface area contributed by atoms with Crippen LogP contribution in [-0.4, -0.2) is 10.9 Å². The second-order valence-corrected chi connectivity index (χ2v) is 6.25. The van der Waals surface area contributed by atoms with Crippen LogP contribution in [0.15, 0.2) is 42.6 Å². The van der Waals surface area contributed by atoms with E-state index in [0.29, 0.717) is 12.3 Å². The van der Waals surface area contributed by atoms with Gasteiger partial charge in [-0.2, -0.15) is 0 Å². The Kier molecular flexibility index (Phi) is 4.23. The average molecular weight is 294 g/mol. The molecule has 0 bridgehead atoms. The zero-order valence-electron chi connectivity index (χ0n) is 13.2. The largest absolute Gasteiger partial charge is 0.347 e. The number of aryl methyl sites for hydroxylation is 2. The van der Waals surface area contributed by atoms with Gasteiger partial charge in [0.2, 0.25) is 5.91 Å². The molecule has 1 heterocycles. The summed E-state index contributed by atoms with van der Waals surface area (Å²) in [6.45, 7) is 4.11. The number of pyridine rings is 1. The van der Waals surface area contributed by atoms with Crippen LogP contribution in [0.1, 0.15) is 41.3 Å². The molecule has 1 aliphatic carbocycles. The van der Waals surface area contributed by atoms with Crippen molar-refractivity contribution in [1.82, 2.24) is 10.3 Å². The lowest BCUT2D eigenvalue weighted by Gasteiger charge is -2.19. The maximum absolute atomic E-state index is 12.4. The third-order valence-corrected chi connectivity index (χ3v) is 4.20. The molecule has 1 aromatic carbocycles. The molecule has 0 spiro atoms. The van der Waals surface area contributed by atoms with E-state index >= 15 is 0 Å². The van der Waals surface area contributed by atoms with Crippen LogP contribution in [0.2, 0.25) is 0 Å². The Labute approximate surface area is 131 Å². The quantitative estimate of drug-likeness (QED) is 0.917. The van der Waals surface area contributed by atoms with Crippen molar-refractivity contribution >= 4 is 5.91 Å².